The van der Waals surface area contributed by atoms with E-state index < -0.39 is 0 Å². The van der Waals surface area contributed by atoms with Crippen molar-refractivity contribution in [1.29, 1.82) is 0 Å². The number of anilines is 1. The lowest BCUT2D eigenvalue weighted by Gasteiger charge is -2.46. The van der Waals surface area contributed by atoms with Gasteiger partial charge in [-0.1, -0.05) is 28.9 Å². The number of hydrogen-bond acceptors (Lipinski definition) is 2. The van der Waals surface area contributed by atoms with Gasteiger partial charge in [0.15, 0.2) is 0 Å². The Morgan fingerprint density at radius 3 is 2.89 bits per heavy atom. The average Bonchev–Trinajstić information content (AvgIpc) is 2.36. The Kier molecular flexibility index (Phi) is 4.02. The van der Waals surface area contributed by atoms with Crippen LogP contribution in [0.2, 0.25) is 0 Å². The van der Waals surface area contributed by atoms with Crippen molar-refractivity contribution in [3.8, 4) is 0 Å². The first-order valence-electron chi connectivity index (χ1n) is 6.73. The quantitative estimate of drug-likeness (QED) is 0.895. The van der Waals surface area contributed by atoms with Gasteiger partial charge in [-0.05, 0) is 44.9 Å². The van der Waals surface area contributed by atoms with Gasteiger partial charge in [0, 0.05) is 34.8 Å². The minimum Gasteiger partial charge on any atom is -0.365 e. The number of piperazine rings is 1. The number of hydrogen-bond donors (Lipinski definition) is 1. The highest BCUT2D eigenvalue weighted by molar-refractivity contribution is 9.10. The second kappa shape index (κ2) is 5.22. The van der Waals surface area contributed by atoms with Crippen LogP contribution in [0.4, 0.5) is 5.69 Å². The van der Waals surface area contributed by atoms with Crippen LogP contribution in [0.25, 0.3) is 0 Å². The molecule has 1 saturated heterocycles. The second-order valence-corrected chi connectivity index (χ2v) is 6.62. The van der Waals surface area contributed by atoms with E-state index in [0.717, 1.165) is 24.0 Å². The van der Waals surface area contributed by atoms with Crippen molar-refractivity contribution < 1.29 is 0 Å². The average molecular weight is 311 g/mol. The Hall–Kier alpha value is -0.540. The Balaban J connectivity index is 2.32. The Morgan fingerprint density at radius 1 is 1.50 bits per heavy atom. The zero-order chi connectivity index (χ0) is 13.3. The van der Waals surface area contributed by atoms with Gasteiger partial charge < -0.3 is 10.2 Å². The lowest BCUT2D eigenvalue weighted by Crippen LogP contribution is -2.62. The van der Waals surface area contributed by atoms with Crippen LogP contribution in [0.3, 0.4) is 0 Å². The van der Waals surface area contributed by atoms with Crippen LogP contribution >= 0.6 is 15.9 Å². The Morgan fingerprint density at radius 2 is 2.22 bits per heavy atom. The van der Waals surface area contributed by atoms with Gasteiger partial charge >= 0.3 is 0 Å². The van der Waals surface area contributed by atoms with Gasteiger partial charge in [-0.25, -0.2) is 0 Å². The monoisotopic (exact) mass is 310 g/mol. The zero-order valence-electron chi connectivity index (χ0n) is 11.8. The summed E-state index contributed by atoms with van der Waals surface area (Å²) in [5, 5.41) is 3.68. The van der Waals surface area contributed by atoms with Crippen LogP contribution in [0.15, 0.2) is 22.7 Å². The SMILES string of the molecule is CCC1(C)CN(c2cc(Br)ccc2C)C(C)CN1. The van der Waals surface area contributed by atoms with E-state index in [0.29, 0.717) is 6.04 Å². The predicted octanol–water partition coefficient (Wildman–Crippen LogP) is 3.72. The lowest BCUT2D eigenvalue weighted by atomic mass is 9.93. The molecule has 18 heavy (non-hydrogen) atoms. The van der Waals surface area contributed by atoms with E-state index in [-0.39, 0.29) is 5.54 Å². The van der Waals surface area contributed by atoms with Crippen molar-refractivity contribution in [2.45, 2.75) is 45.7 Å². The number of halogens is 1. The van der Waals surface area contributed by atoms with Crippen molar-refractivity contribution in [3.63, 3.8) is 0 Å². The molecular formula is C15H23BrN2. The van der Waals surface area contributed by atoms with E-state index >= 15 is 0 Å². The molecule has 0 spiro atoms. The molecule has 0 aliphatic carbocycles. The highest BCUT2D eigenvalue weighted by atomic mass is 79.9. The molecule has 2 rings (SSSR count). The van der Waals surface area contributed by atoms with Crippen molar-refractivity contribution in [2.75, 3.05) is 18.0 Å². The molecule has 1 aromatic carbocycles. The van der Waals surface area contributed by atoms with E-state index in [1.165, 1.54) is 11.3 Å². The molecule has 1 aliphatic heterocycles. The highest BCUT2D eigenvalue weighted by Crippen LogP contribution is 2.30. The van der Waals surface area contributed by atoms with Gasteiger partial charge in [0.05, 0.1) is 0 Å². The molecular weight excluding hydrogens is 288 g/mol. The summed E-state index contributed by atoms with van der Waals surface area (Å²) in [5.74, 6) is 0. The summed E-state index contributed by atoms with van der Waals surface area (Å²) in [4.78, 5) is 2.54. The number of nitrogens with zero attached hydrogens (tertiary/aromatic N) is 1. The lowest BCUT2D eigenvalue weighted by molar-refractivity contribution is 0.285. The van der Waals surface area contributed by atoms with Crippen LogP contribution in [-0.2, 0) is 0 Å². The molecule has 0 bridgehead atoms. The van der Waals surface area contributed by atoms with E-state index in [2.05, 4.69) is 72.0 Å². The molecule has 0 radical (unpaired) electrons. The van der Waals surface area contributed by atoms with E-state index in [1.54, 1.807) is 0 Å². The molecule has 3 heteroatoms. The summed E-state index contributed by atoms with van der Waals surface area (Å²) in [6.07, 6.45) is 1.16. The molecule has 0 aromatic heterocycles. The smallest absolute Gasteiger partial charge is 0.0410 e. The summed E-state index contributed by atoms with van der Waals surface area (Å²) >= 11 is 3.59. The van der Waals surface area contributed by atoms with Gasteiger partial charge in [-0.2, -0.15) is 0 Å². The molecule has 0 amide bonds. The first-order chi connectivity index (χ1) is 8.45. The van der Waals surface area contributed by atoms with Crippen LogP contribution in [0.1, 0.15) is 32.8 Å². The summed E-state index contributed by atoms with van der Waals surface area (Å²) in [6.45, 7) is 11.2. The molecule has 2 atom stereocenters. The van der Waals surface area contributed by atoms with Crippen molar-refractivity contribution in [2.24, 2.45) is 0 Å². The highest BCUT2D eigenvalue weighted by Gasteiger charge is 2.33. The number of aryl methyl sites for hydroxylation is 1. The van der Waals surface area contributed by atoms with Gasteiger partial charge in [0.25, 0.3) is 0 Å². The number of benzene rings is 1. The van der Waals surface area contributed by atoms with Gasteiger partial charge in [-0.3, -0.25) is 0 Å². The predicted molar refractivity (Wildman–Crippen MR) is 82.4 cm³/mol. The first-order valence-corrected chi connectivity index (χ1v) is 7.52. The third kappa shape index (κ3) is 2.72. The molecule has 0 saturated carbocycles. The van der Waals surface area contributed by atoms with Crippen LogP contribution in [0, 0.1) is 6.92 Å². The van der Waals surface area contributed by atoms with Crippen molar-refractivity contribution >= 4 is 21.6 Å². The summed E-state index contributed by atoms with van der Waals surface area (Å²) in [5.41, 5.74) is 2.94. The third-order valence-electron chi connectivity index (χ3n) is 4.14. The maximum absolute atomic E-state index is 3.68. The van der Waals surface area contributed by atoms with E-state index in [9.17, 15) is 0 Å². The molecule has 1 aliphatic rings. The Bertz CT molecular complexity index is 433. The molecule has 1 fully saturated rings. The van der Waals surface area contributed by atoms with Crippen LogP contribution in [0.5, 0.6) is 0 Å². The minimum absolute atomic E-state index is 0.223. The maximum Gasteiger partial charge on any atom is 0.0410 e. The standard InChI is InChI=1S/C15H23BrN2/c1-5-15(4)10-18(12(3)9-17-15)14-8-13(16)7-6-11(14)2/h6-8,12,17H,5,9-10H2,1-4H3. The van der Waals surface area contributed by atoms with E-state index in [4.69, 9.17) is 0 Å². The van der Waals surface area contributed by atoms with Gasteiger partial charge in [0.1, 0.15) is 0 Å². The largest absolute Gasteiger partial charge is 0.365 e. The number of rotatable bonds is 2. The Labute approximate surface area is 119 Å². The van der Waals surface area contributed by atoms with Gasteiger partial charge in [-0.15, -0.1) is 0 Å². The minimum atomic E-state index is 0.223. The fourth-order valence-corrected chi connectivity index (χ4v) is 2.89. The van der Waals surface area contributed by atoms with Gasteiger partial charge in [0.2, 0.25) is 0 Å². The van der Waals surface area contributed by atoms with Crippen LogP contribution < -0.4 is 10.2 Å². The van der Waals surface area contributed by atoms with E-state index in [1.807, 2.05) is 0 Å². The topological polar surface area (TPSA) is 15.3 Å². The van der Waals surface area contributed by atoms with Crippen molar-refractivity contribution in [3.05, 3.63) is 28.2 Å². The maximum atomic E-state index is 3.68. The molecule has 1 aromatic rings. The summed E-state index contributed by atoms with van der Waals surface area (Å²) in [7, 11) is 0. The number of nitrogens with one attached hydrogen (secondary N) is 1. The summed E-state index contributed by atoms with van der Waals surface area (Å²) < 4.78 is 1.16. The molecule has 2 nitrogen and oxygen atoms in total. The normalized spacial score (nSPS) is 28.5. The molecule has 1 heterocycles. The third-order valence-corrected chi connectivity index (χ3v) is 4.63. The molecule has 100 valence electrons. The van der Waals surface area contributed by atoms with Crippen LogP contribution in [-0.4, -0.2) is 24.7 Å². The zero-order valence-corrected chi connectivity index (χ0v) is 13.3. The summed E-state index contributed by atoms with van der Waals surface area (Å²) in [6, 6.07) is 7.09. The first kappa shape index (κ1) is 13.9. The second-order valence-electron chi connectivity index (χ2n) is 5.70. The molecule has 2 unspecified atom stereocenters. The fourth-order valence-electron chi connectivity index (χ4n) is 2.54. The van der Waals surface area contributed by atoms with Crippen molar-refractivity contribution in [1.82, 2.24) is 5.32 Å². The molecule has 1 N–H and O–H groups in total. The fraction of sp³-hybridized carbons (Fsp3) is 0.600.